The van der Waals surface area contributed by atoms with E-state index in [0.717, 1.165) is 39.2 Å². The third kappa shape index (κ3) is 4.89. The molecule has 0 aliphatic carbocycles. The summed E-state index contributed by atoms with van der Waals surface area (Å²) in [5.74, 6) is 1.98. The van der Waals surface area contributed by atoms with E-state index >= 15 is 0 Å². The van der Waals surface area contributed by atoms with Gasteiger partial charge in [0.25, 0.3) is 5.52 Å². The van der Waals surface area contributed by atoms with E-state index in [1.54, 1.807) is 7.05 Å². The van der Waals surface area contributed by atoms with E-state index in [2.05, 4.69) is 11.9 Å². The summed E-state index contributed by atoms with van der Waals surface area (Å²) in [7, 11) is 7.11. The Kier molecular flexibility index (Phi) is 6.93. The van der Waals surface area contributed by atoms with Crippen LogP contribution < -0.4 is 19.5 Å². The quantitative estimate of drug-likeness (QED) is 0.121. The van der Waals surface area contributed by atoms with E-state index in [1.165, 1.54) is 7.11 Å². The Morgan fingerprint density at radius 1 is 1.13 bits per heavy atom. The highest BCUT2D eigenvalue weighted by atomic mass is 35.5. The molecular weight excluding hydrogens is 514 g/mol. The van der Waals surface area contributed by atoms with Gasteiger partial charge in [0.1, 0.15) is 7.05 Å². The van der Waals surface area contributed by atoms with Crippen LogP contribution >= 0.6 is 11.6 Å². The van der Waals surface area contributed by atoms with Gasteiger partial charge in [0.05, 0.1) is 18.9 Å². The number of Topliss-reactive ketones (excluding diaryl/α,β-unsaturated/α-hetero) is 1. The molecule has 1 aliphatic heterocycles. The Morgan fingerprint density at radius 2 is 1.87 bits per heavy atom. The molecule has 8 heteroatoms. The van der Waals surface area contributed by atoms with Gasteiger partial charge in [-0.1, -0.05) is 30.3 Å². The van der Waals surface area contributed by atoms with Crippen LogP contribution in [0.2, 0.25) is 5.02 Å². The lowest BCUT2D eigenvalue weighted by molar-refractivity contribution is -0.652. The maximum absolute atomic E-state index is 12.8. The highest BCUT2D eigenvalue weighted by molar-refractivity contribution is 6.31. The van der Waals surface area contributed by atoms with Gasteiger partial charge in [-0.15, -0.1) is 0 Å². The molecule has 0 atom stereocenters. The normalized spacial score (nSPS) is 13.9. The highest BCUT2D eigenvalue weighted by Gasteiger charge is 2.24. The minimum atomic E-state index is -0.265. The van der Waals surface area contributed by atoms with Crippen molar-refractivity contribution in [2.45, 2.75) is 6.92 Å². The lowest BCUT2D eigenvalue weighted by atomic mass is 9.98. The molecule has 7 nitrogen and oxygen atoms in total. The number of ether oxygens (including phenoxy) is 2. The number of benzene rings is 3. The van der Waals surface area contributed by atoms with Crippen LogP contribution in [0.4, 0.5) is 11.4 Å². The fourth-order valence-electron chi connectivity index (χ4n) is 4.54. The van der Waals surface area contributed by atoms with Crippen molar-refractivity contribution in [3.8, 4) is 16.9 Å². The van der Waals surface area contributed by atoms with Crippen molar-refractivity contribution in [2.24, 2.45) is 7.05 Å². The minimum absolute atomic E-state index is 0.0870. The first kappa shape index (κ1) is 26.1. The molecule has 0 saturated carbocycles. The number of aromatic nitrogens is 1. The molecule has 0 radical (unpaired) electrons. The number of nitrogens with one attached hydrogen (secondary N) is 1. The van der Waals surface area contributed by atoms with Gasteiger partial charge < -0.3 is 24.1 Å². The van der Waals surface area contributed by atoms with E-state index in [0.29, 0.717) is 28.0 Å². The Balaban J connectivity index is 1.47. The zero-order valence-electron chi connectivity index (χ0n) is 22.5. The van der Waals surface area contributed by atoms with Crippen LogP contribution in [-0.2, 0) is 11.8 Å². The van der Waals surface area contributed by atoms with Gasteiger partial charge in [-0.3, -0.25) is 4.79 Å². The van der Waals surface area contributed by atoms with Gasteiger partial charge in [-0.05, 0) is 60.0 Å². The largest absolute Gasteiger partial charge is 0.493 e. The zero-order valence-corrected chi connectivity index (χ0v) is 23.2. The number of allylic oxidation sites excluding steroid dienone is 3. The van der Waals surface area contributed by atoms with Crippen LogP contribution in [0.5, 0.6) is 5.75 Å². The predicted octanol–water partition coefficient (Wildman–Crippen LogP) is 6.74. The predicted molar refractivity (Wildman–Crippen MR) is 155 cm³/mol. The molecule has 0 saturated heterocycles. The molecule has 4 aromatic rings. The van der Waals surface area contributed by atoms with Gasteiger partial charge in [0, 0.05) is 42.5 Å². The number of fused-ring (bicyclic) bond motifs is 2. The number of rotatable bonds is 7. The Hall–Kier alpha value is -4.49. The fourth-order valence-corrected chi connectivity index (χ4v) is 4.71. The third-order valence-corrected chi connectivity index (χ3v) is 7.00. The van der Waals surface area contributed by atoms with E-state index < -0.39 is 0 Å². The lowest BCUT2D eigenvalue weighted by Gasteiger charge is -2.11. The molecule has 1 aromatic heterocycles. The van der Waals surface area contributed by atoms with Crippen molar-refractivity contribution in [3.05, 3.63) is 101 Å². The molecule has 1 aliphatic rings. The second kappa shape index (κ2) is 10.3. The summed E-state index contributed by atoms with van der Waals surface area (Å²) in [5, 5.41) is 3.72. The number of nitrogens with zero attached hydrogens (tertiary/aromatic N) is 2. The fraction of sp³-hybridized carbons (Fsp3) is 0.161. The molecule has 0 fully saturated rings. The number of hydrogen-bond acceptors (Lipinski definition) is 6. The Labute approximate surface area is 232 Å². The molecule has 0 unspecified atom stereocenters. The first-order valence-corrected chi connectivity index (χ1v) is 12.7. The number of aryl methyl sites for hydroxylation is 1. The second-order valence-electron chi connectivity index (χ2n) is 9.29. The summed E-state index contributed by atoms with van der Waals surface area (Å²) in [6.45, 7) is 5.71. The monoisotopic (exact) mass is 542 g/mol. The highest BCUT2D eigenvalue weighted by Crippen LogP contribution is 2.40. The summed E-state index contributed by atoms with van der Waals surface area (Å²) < 4.78 is 19.2. The van der Waals surface area contributed by atoms with Crippen molar-refractivity contribution in [2.75, 3.05) is 31.4 Å². The maximum Gasteiger partial charge on any atom is 0.374 e. The summed E-state index contributed by atoms with van der Waals surface area (Å²) in [6, 6.07) is 17.2. The Morgan fingerprint density at radius 3 is 2.62 bits per heavy atom. The Bertz CT molecular complexity index is 1700. The summed E-state index contributed by atoms with van der Waals surface area (Å²) in [6.07, 6.45) is 3.93. The van der Waals surface area contributed by atoms with Crippen LogP contribution in [-0.4, -0.2) is 27.0 Å². The molecule has 0 amide bonds. The SMILES string of the molecule is C=C(OC)C(=O)c1cc(-c2ccc3oc(C=C(C)C=C4Oc5ccc(Cl)cc5N4C)[n+](C)c3c2)ccc1NC. The molecule has 0 spiro atoms. The number of anilines is 2. The van der Waals surface area contributed by atoms with Crippen molar-refractivity contribution in [1.82, 2.24) is 0 Å². The molecule has 5 rings (SSSR count). The van der Waals surface area contributed by atoms with Gasteiger partial charge >= 0.3 is 5.89 Å². The number of hydrogen-bond donors (Lipinski definition) is 1. The molecule has 198 valence electrons. The van der Waals surface area contributed by atoms with Crippen LogP contribution in [0, 0.1) is 0 Å². The van der Waals surface area contributed by atoms with Crippen LogP contribution in [0.1, 0.15) is 23.2 Å². The molecular formula is C31H29ClN3O4+. The average Bonchev–Trinajstić information content (AvgIpc) is 3.41. The number of ketones is 1. The zero-order chi connectivity index (χ0) is 27.8. The molecule has 3 aromatic carbocycles. The average molecular weight is 543 g/mol. The molecule has 2 heterocycles. The van der Waals surface area contributed by atoms with E-state index in [9.17, 15) is 4.79 Å². The van der Waals surface area contributed by atoms with Gasteiger partial charge in [0.15, 0.2) is 11.5 Å². The number of oxazole rings is 1. The van der Waals surface area contributed by atoms with Crippen molar-refractivity contribution < 1.29 is 23.3 Å². The number of carbonyl (C=O) groups excluding carboxylic acids is 1. The number of carbonyl (C=O) groups is 1. The number of halogens is 1. The maximum atomic E-state index is 12.8. The van der Waals surface area contributed by atoms with Crippen LogP contribution in [0.25, 0.3) is 28.3 Å². The van der Waals surface area contributed by atoms with Gasteiger partial charge in [-0.2, -0.15) is 4.57 Å². The van der Waals surface area contributed by atoms with Crippen LogP contribution in [0.3, 0.4) is 0 Å². The lowest BCUT2D eigenvalue weighted by Crippen LogP contribution is -2.29. The summed E-state index contributed by atoms with van der Waals surface area (Å²) >= 11 is 6.15. The van der Waals surface area contributed by atoms with Crippen molar-refractivity contribution >= 4 is 45.9 Å². The third-order valence-electron chi connectivity index (χ3n) is 6.76. The standard InChI is InChI=1S/C31H28ClN3O4/c1-18(14-30-35(5)26-17-22(32)9-12-28(26)39-30)13-29-34(4)25-16-21(8-11-27(25)38-29)20-7-10-24(33-3)23(15-20)31(36)19(2)37-6/h7-17H,2H2,1,3-6H3/p+1. The first-order valence-electron chi connectivity index (χ1n) is 12.3. The molecule has 0 bridgehead atoms. The number of methoxy groups -OCH3 is 1. The molecule has 39 heavy (non-hydrogen) atoms. The topological polar surface area (TPSA) is 67.8 Å². The summed E-state index contributed by atoms with van der Waals surface area (Å²) in [4.78, 5) is 14.8. The smallest absolute Gasteiger partial charge is 0.374 e. The van der Waals surface area contributed by atoms with Gasteiger partial charge in [0.2, 0.25) is 17.2 Å². The minimum Gasteiger partial charge on any atom is -0.493 e. The van der Waals surface area contributed by atoms with E-state index in [4.69, 9.17) is 25.5 Å². The second-order valence-corrected chi connectivity index (χ2v) is 9.73. The van der Waals surface area contributed by atoms with E-state index in [-0.39, 0.29) is 11.5 Å². The van der Waals surface area contributed by atoms with Crippen molar-refractivity contribution in [1.29, 1.82) is 0 Å². The van der Waals surface area contributed by atoms with Crippen molar-refractivity contribution in [3.63, 3.8) is 0 Å². The van der Waals surface area contributed by atoms with Gasteiger partial charge in [-0.25, -0.2) is 0 Å². The summed E-state index contributed by atoms with van der Waals surface area (Å²) in [5.41, 5.74) is 6.58. The van der Waals surface area contributed by atoms with E-state index in [1.807, 2.05) is 97.2 Å². The van der Waals surface area contributed by atoms with Crippen LogP contribution in [0.15, 0.2) is 88.9 Å². The first-order chi connectivity index (χ1) is 18.7. The molecule has 1 N–H and O–H groups in total.